The summed E-state index contributed by atoms with van der Waals surface area (Å²) in [6.45, 7) is 2.93. The molecule has 0 bridgehead atoms. The quantitative estimate of drug-likeness (QED) is 0.559. The molecule has 1 aromatic rings. The number of rotatable bonds is 8. The van der Waals surface area contributed by atoms with E-state index in [0.717, 1.165) is 12.2 Å². The second-order valence-corrected chi connectivity index (χ2v) is 4.48. The number of nitriles is 1. The van der Waals surface area contributed by atoms with Crippen molar-refractivity contribution in [2.75, 3.05) is 12.3 Å². The molecule has 0 aromatic heterocycles. The Bertz CT molecular complexity index is 396. The van der Waals surface area contributed by atoms with Crippen LogP contribution in [-0.2, 0) is 0 Å². The lowest BCUT2D eigenvalue weighted by atomic mass is 10.1. The third-order valence-electron chi connectivity index (χ3n) is 2.91. The molecule has 0 aliphatic carbocycles. The number of anilines is 1. The van der Waals surface area contributed by atoms with Crippen LogP contribution in [0.5, 0.6) is 5.75 Å². The third-order valence-corrected chi connectivity index (χ3v) is 2.91. The SMILES string of the molecule is CCCCCCCCOc1ccc(N)c(C#N)c1. The Balaban J connectivity index is 2.22. The van der Waals surface area contributed by atoms with Crippen molar-refractivity contribution in [2.45, 2.75) is 45.4 Å². The molecule has 3 nitrogen and oxygen atoms in total. The third kappa shape index (κ3) is 5.09. The Morgan fingerprint density at radius 2 is 1.89 bits per heavy atom. The summed E-state index contributed by atoms with van der Waals surface area (Å²) in [5.41, 5.74) is 6.63. The fourth-order valence-corrected chi connectivity index (χ4v) is 1.79. The maximum atomic E-state index is 8.85. The lowest BCUT2D eigenvalue weighted by Crippen LogP contribution is -1.98. The van der Waals surface area contributed by atoms with Gasteiger partial charge in [0, 0.05) is 5.69 Å². The van der Waals surface area contributed by atoms with Gasteiger partial charge in [0.15, 0.2) is 0 Å². The number of ether oxygens (including phenoxy) is 1. The summed E-state index contributed by atoms with van der Waals surface area (Å²) in [7, 11) is 0. The summed E-state index contributed by atoms with van der Waals surface area (Å²) in [6.07, 6.45) is 7.47. The predicted octanol–water partition coefficient (Wildman–Crippen LogP) is 3.88. The molecule has 0 atom stereocenters. The number of benzene rings is 1. The maximum Gasteiger partial charge on any atom is 0.120 e. The van der Waals surface area contributed by atoms with Gasteiger partial charge in [-0.25, -0.2) is 0 Å². The number of hydrogen-bond acceptors (Lipinski definition) is 3. The van der Waals surface area contributed by atoms with E-state index in [2.05, 4.69) is 13.0 Å². The minimum absolute atomic E-state index is 0.482. The van der Waals surface area contributed by atoms with Crippen molar-refractivity contribution in [3.05, 3.63) is 23.8 Å². The van der Waals surface area contributed by atoms with Crippen molar-refractivity contribution >= 4 is 5.69 Å². The van der Waals surface area contributed by atoms with Gasteiger partial charge in [-0.2, -0.15) is 5.26 Å². The lowest BCUT2D eigenvalue weighted by molar-refractivity contribution is 0.304. The number of nitrogens with two attached hydrogens (primary N) is 1. The van der Waals surface area contributed by atoms with E-state index in [1.54, 1.807) is 12.1 Å². The first-order chi connectivity index (χ1) is 8.77. The highest BCUT2D eigenvalue weighted by atomic mass is 16.5. The fraction of sp³-hybridized carbons (Fsp3) is 0.533. The van der Waals surface area contributed by atoms with Crippen molar-refractivity contribution in [3.63, 3.8) is 0 Å². The lowest BCUT2D eigenvalue weighted by Gasteiger charge is -2.07. The summed E-state index contributed by atoms with van der Waals surface area (Å²) in [5.74, 6) is 0.731. The van der Waals surface area contributed by atoms with Gasteiger partial charge < -0.3 is 10.5 Å². The monoisotopic (exact) mass is 246 g/mol. The molecule has 0 aliphatic heterocycles. The van der Waals surface area contributed by atoms with Crippen molar-refractivity contribution in [3.8, 4) is 11.8 Å². The Labute approximate surface area is 110 Å². The average Bonchev–Trinajstić information content (AvgIpc) is 2.39. The molecule has 0 unspecified atom stereocenters. The van der Waals surface area contributed by atoms with Gasteiger partial charge in [-0.05, 0) is 24.6 Å². The molecule has 0 aliphatic rings. The molecule has 2 N–H and O–H groups in total. The van der Waals surface area contributed by atoms with E-state index in [4.69, 9.17) is 15.7 Å². The molecular formula is C15H22N2O. The highest BCUT2D eigenvalue weighted by Crippen LogP contribution is 2.19. The summed E-state index contributed by atoms with van der Waals surface area (Å²) < 4.78 is 5.60. The zero-order chi connectivity index (χ0) is 13.2. The Kier molecular flexibility index (Phi) is 6.71. The van der Waals surface area contributed by atoms with Crippen LogP contribution in [0.3, 0.4) is 0 Å². The van der Waals surface area contributed by atoms with Crippen LogP contribution in [0.2, 0.25) is 0 Å². The molecule has 1 rings (SSSR count). The molecule has 0 saturated heterocycles. The van der Waals surface area contributed by atoms with Gasteiger partial charge in [0.05, 0.1) is 12.2 Å². The Morgan fingerprint density at radius 1 is 1.17 bits per heavy atom. The second kappa shape index (κ2) is 8.41. The van der Waals surface area contributed by atoms with Gasteiger partial charge in [0.1, 0.15) is 11.8 Å². The van der Waals surface area contributed by atoms with Crippen LogP contribution >= 0.6 is 0 Å². The van der Waals surface area contributed by atoms with E-state index in [1.165, 1.54) is 32.1 Å². The zero-order valence-corrected chi connectivity index (χ0v) is 11.1. The van der Waals surface area contributed by atoms with Crippen LogP contribution < -0.4 is 10.5 Å². The first-order valence-corrected chi connectivity index (χ1v) is 6.70. The first-order valence-electron chi connectivity index (χ1n) is 6.70. The number of nitrogen functional groups attached to an aromatic ring is 1. The fourth-order valence-electron chi connectivity index (χ4n) is 1.79. The minimum atomic E-state index is 0.482. The highest BCUT2D eigenvalue weighted by molar-refractivity contribution is 5.56. The minimum Gasteiger partial charge on any atom is -0.494 e. The number of nitrogens with zero attached hydrogens (tertiary/aromatic N) is 1. The van der Waals surface area contributed by atoms with E-state index < -0.39 is 0 Å². The van der Waals surface area contributed by atoms with E-state index in [-0.39, 0.29) is 0 Å². The molecule has 0 saturated carbocycles. The van der Waals surface area contributed by atoms with Crippen LogP contribution in [0.4, 0.5) is 5.69 Å². The van der Waals surface area contributed by atoms with Gasteiger partial charge in [-0.1, -0.05) is 39.0 Å². The van der Waals surface area contributed by atoms with Gasteiger partial charge in [0.25, 0.3) is 0 Å². The predicted molar refractivity (Wildman–Crippen MR) is 74.4 cm³/mol. The second-order valence-electron chi connectivity index (χ2n) is 4.48. The van der Waals surface area contributed by atoms with Crippen molar-refractivity contribution in [1.29, 1.82) is 5.26 Å². The normalized spacial score (nSPS) is 10.0. The largest absolute Gasteiger partial charge is 0.494 e. The highest BCUT2D eigenvalue weighted by Gasteiger charge is 2.00. The summed E-state index contributed by atoms with van der Waals surface area (Å²) in [5, 5.41) is 8.85. The van der Waals surface area contributed by atoms with Crippen LogP contribution in [0, 0.1) is 11.3 Å². The molecule has 0 heterocycles. The van der Waals surface area contributed by atoms with Gasteiger partial charge >= 0.3 is 0 Å². The molecule has 0 spiro atoms. The Morgan fingerprint density at radius 3 is 2.61 bits per heavy atom. The molecule has 3 heteroatoms. The summed E-state index contributed by atoms with van der Waals surface area (Å²) >= 11 is 0. The first kappa shape index (κ1) is 14.4. The van der Waals surface area contributed by atoms with Gasteiger partial charge in [-0.15, -0.1) is 0 Å². The number of hydrogen-bond donors (Lipinski definition) is 1. The smallest absolute Gasteiger partial charge is 0.120 e. The molecule has 1 aromatic carbocycles. The van der Waals surface area contributed by atoms with Crippen LogP contribution in [0.15, 0.2) is 18.2 Å². The van der Waals surface area contributed by atoms with Gasteiger partial charge in [-0.3, -0.25) is 0 Å². The topological polar surface area (TPSA) is 59.0 Å². The molecule has 0 amide bonds. The van der Waals surface area contributed by atoms with E-state index >= 15 is 0 Å². The van der Waals surface area contributed by atoms with E-state index in [0.29, 0.717) is 17.9 Å². The zero-order valence-electron chi connectivity index (χ0n) is 11.1. The molecule has 18 heavy (non-hydrogen) atoms. The Hall–Kier alpha value is -1.69. The molecule has 0 fully saturated rings. The average molecular weight is 246 g/mol. The standard InChI is InChI=1S/C15H22N2O/c1-2-3-4-5-6-7-10-18-14-8-9-15(17)13(11-14)12-16/h8-9,11H,2-7,10,17H2,1H3. The van der Waals surface area contributed by atoms with Crippen LogP contribution in [0.1, 0.15) is 51.0 Å². The molecule has 0 radical (unpaired) electrons. The maximum absolute atomic E-state index is 8.85. The van der Waals surface area contributed by atoms with Crippen LogP contribution in [-0.4, -0.2) is 6.61 Å². The van der Waals surface area contributed by atoms with Crippen molar-refractivity contribution < 1.29 is 4.74 Å². The van der Waals surface area contributed by atoms with Crippen molar-refractivity contribution in [1.82, 2.24) is 0 Å². The number of unbranched alkanes of at least 4 members (excludes halogenated alkanes) is 5. The van der Waals surface area contributed by atoms with Gasteiger partial charge in [0.2, 0.25) is 0 Å². The molecule has 98 valence electrons. The molecular weight excluding hydrogens is 224 g/mol. The van der Waals surface area contributed by atoms with Crippen molar-refractivity contribution in [2.24, 2.45) is 0 Å². The van der Waals surface area contributed by atoms with E-state index in [9.17, 15) is 0 Å². The van der Waals surface area contributed by atoms with Crippen LogP contribution in [0.25, 0.3) is 0 Å². The van der Waals surface area contributed by atoms with E-state index in [1.807, 2.05) is 6.07 Å². The summed E-state index contributed by atoms with van der Waals surface area (Å²) in [6, 6.07) is 7.29. The summed E-state index contributed by atoms with van der Waals surface area (Å²) in [4.78, 5) is 0.